The summed E-state index contributed by atoms with van der Waals surface area (Å²) in [4.78, 5) is 30.7. The number of piperidine rings is 1. The molecule has 1 aromatic heterocycles. The minimum Gasteiger partial charge on any atom is -0.341 e. The number of nitrogens with one attached hydrogen (secondary N) is 1. The van der Waals surface area contributed by atoms with Crippen LogP contribution in [0.4, 0.5) is 5.69 Å². The highest BCUT2D eigenvalue weighted by molar-refractivity contribution is 7.09. The Morgan fingerprint density at radius 1 is 1.38 bits per heavy atom. The summed E-state index contributed by atoms with van der Waals surface area (Å²) < 4.78 is 0. The van der Waals surface area contributed by atoms with Crippen LogP contribution in [0.25, 0.3) is 6.08 Å². The van der Waals surface area contributed by atoms with Crippen molar-refractivity contribution in [1.82, 2.24) is 10.3 Å². The van der Waals surface area contributed by atoms with Crippen LogP contribution in [0.3, 0.4) is 0 Å². The molecule has 0 unspecified atom stereocenters. The Balaban J connectivity index is 1.63. The van der Waals surface area contributed by atoms with Gasteiger partial charge in [-0.1, -0.05) is 18.2 Å². The van der Waals surface area contributed by atoms with Gasteiger partial charge in [-0.25, -0.2) is 4.98 Å². The summed E-state index contributed by atoms with van der Waals surface area (Å²) in [7, 11) is 0. The van der Waals surface area contributed by atoms with Gasteiger partial charge in [-0.15, -0.1) is 11.3 Å². The van der Waals surface area contributed by atoms with E-state index in [1.165, 1.54) is 17.4 Å². The van der Waals surface area contributed by atoms with Crippen LogP contribution in [0.15, 0.2) is 41.8 Å². The van der Waals surface area contributed by atoms with E-state index in [0.29, 0.717) is 13.0 Å². The van der Waals surface area contributed by atoms with Crippen molar-refractivity contribution in [2.45, 2.75) is 25.8 Å². The van der Waals surface area contributed by atoms with Crippen LogP contribution in [0, 0.1) is 6.92 Å². The third kappa shape index (κ3) is 3.89. The Labute approximate surface area is 145 Å². The summed E-state index contributed by atoms with van der Waals surface area (Å²) >= 11 is 1.54. The lowest BCUT2D eigenvalue weighted by Crippen LogP contribution is -2.52. The number of nitrogens with zero attached hydrogens (tertiary/aromatic N) is 2. The van der Waals surface area contributed by atoms with Crippen LogP contribution in [-0.2, 0) is 9.59 Å². The SMILES string of the molecule is Cc1nc(/C=C\C(=O)N[C@@H]2CCCN(c3ccccc3)C2=O)cs1. The van der Waals surface area contributed by atoms with Crippen molar-refractivity contribution in [1.29, 1.82) is 0 Å². The van der Waals surface area contributed by atoms with Crippen molar-refractivity contribution in [2.24, 2.45) is 0 Å². The fourth-order valence-corrected chi connectivity index (χ4v) is 3.29. The van der Waals surface area contributed by atoms with Crippen LogP contribution in [0.5, 0.6) is 0 Å². The van der Waals surface area contributed by atoms with Crippen molar-refractivity contribution in [2.75, 3.05) is 11.4 Å². The van der Waals surface area contributed by atoms with Gasteiger partial charge in [0.15, 0.2) is 0 Å². The third-order valence-corrected chi connectivity index (χ3v) is 4.66. The van der Waals surface area contributed by atoms with Gasteiger partial charge in [-0.2, -0.15) is 0 Å². The lowest BCUT2D eigenvalue weighted by Gasteiger charge is -2.32. The maximum atomic E-state index is 12.6. The van der Waals surface area contributed by atoms with E-state index >= 15 is 0 Å². The number of anilines is 1. The molecule has 6 heteroatoms. The van der Waals surface area contributed by atoms with Crippen molar-refractivity contribution in [3.63, 3.8) is 0 Å². The second-order valence-corrected chi connectivity index (χ2v) is 6.72. The standard InChI is InChI=1S/C18H19N3O2S/c1-13-19-14(12-24-13)9-10-17(22)20-16-8-5-11-21(18(16)23)15-6-3-2-4-7-15/h2-4,6-7,9-10,12,16H,5,8,11H2,1H3,(H,20,22)/b10-9-/t16-/m1/s1. The highest BCUT2D eigenvalue weighted by Gasteiger charge is 2.30. The summed E-state index contributed by atoms with van der Waals surface area (Å²) in [5.74, 6) is -0.326. The number of thiazole rings is 1. The molecule has 1 saturated heterocycles. The maximum absolute atomic E-state index is 12.6. The molecule has 2 aromatic rings. The Hall–Kier alpha value is -2.47. The van der Waals surface area contributed by atoms with E-state index in [0.717, 1.165) is 22.8 Å². The average Bonchev–Trinajstić information content (AvgIpc) is 3.01. The van der Waals surface area contributed by atoms with Gasteiger partial charge in [-0.3, -0.25) is 9.59 Å². The van der Waals surface area contributed by atoms with Crippen molar-refractivity contribution in [3.8, 4) is 0 Å². The maximum Gasteiger partial charge on any atom is 0.249 e. The van der Waals surface area contributed by atoms with E-state index in [1.54, 1.807) is 11.0 Å². The minimum absolute atomic E-state index is 0.0568. The molecule has 124 valence electrons. The van der Waals surface area contributed by atoms with Crippen LogP contribution in [0.1, 0.15) is 23.5 Å². The Bertz CT molecular complexity index is 755. The fraction of sp³-hybridized carbons (Fsp3) is 0.278. The van der Waals surface area contributed by atoms with Gasteiger partial charge in [0.2, 0.25) is 11.8 Å². The van der Waals surface area contributed by atoms with E-state index in [-0.39, 0.29) is 11.8 Å². The lowest BCUT2D eigenvalue weighted by molar-refractivity contribution is -0.126. The van der Waals surface area contributed by atoms with Crippen LogP contribution in [0.2, 0.25) is 0 Å². The molecule has 0 aliphatic carbocycles. The third-order valence-electron chi connectivity index (χ3n) is 3.87. The number of hydrogen-bond acceptors (Lipinski definition) is 4. The number of amides is 2. The molecule has 5 nitrogen and oxygen atoms in total. The molecule has 2 amide bonds. The lowest BCUT2D eigenvalue weighted by atomic mass is 10.0. The largest absolute Gasteiger partial charge is 0.341 e. The molecule has 0 radical (unpaired) electrons. The first kappa shape index (κ1) is 16.4. The molecule has 24 heavy (non-hydrogen) atoms. The topological polar surface area (TPSA) is 62.3 Å². The predicted molar refractivity (Wildman–Crippen MR) is 95.8 cm³/mol. The second kappa shape index (κ2) is 7.40. The monoisotopic (exact) mass is 341 g/mol. The smallest absolute Gasteiger partial charge is 0.249 e. The Morgan fingerprint density at radius 3 is 2.88 bits per heavy atom. The normalized spacial score (nSPS) is 18.1. The number of aromatic nitrogens is 1. The van der Waals surface area contributed by atoms with Gasteiger partial charge >= 0.3 is 0 Å². The molecule has 3 rings (SSSR count). The molecule has 1 atom stereocenters. The van der Waals surface area contributed by atoms with Gasteiger partial charge in [0, 0.05) is 23.7 Å². The molecule has 0 saturated carbocycles. The zero-order valence-electron chi connectivity index (χ0n) is 13.4. The average molecular weight is 341 g/mol. The van der Waals surface area contributed by atoms with E-state index in [9.17, 15) is 9.59 Å². The molecule has 1 fully saturated rings. The Morgan fingerprint density at radius 2 is 2.17 bits per heavy atom. The number of carbonyl (C=O) groups excluding carboxylic acids is 2. The predicted octanol–water partition coefficient (Wildman–Crippen LogP) is 2.78. The van der Waals surface area contributed by atoms with Gasteiger partial charge in [0.25, 0.3) is 0 Å². The first-order valence-electron chi connectivity index (χ1n) is 7.90. The number of rotatable bonds is 4. The number of carbonyl (C=O) groups is 2. The van der Waals surface area contributed by atoms with Crippen molar-refractivity contribution >= 4 is 34.9 Å². The molecular formula is C18H19N3O2S. The van der Waals surface area contributed by atoms with Crippen LogP contribution >= 0.6 is 11.3 Å². The van der Waals surface area contributed by atoms with E-state index in [1.807, 2.05) is 42.6 Å². The van der Waals surface area contributed by atoms with Gasteiger partial charge in [0.1, 0.15) is 6.04 Å². The minimum atomic E-state index is -0.478. The molecule has 1 aliphatic heterocycles. The first-order chi connectivity index (χ1) is 11.6. The zero-order chi connectivity index (χ0) is 16.9. The second-order valence-electron chi connectivity index (χ2n) is 5.65. The van der Waals surface area contributed by atoms with Crippen LogP contribution < -0.4 is 10.2 Å². The van der Waals surface area contributed by atoms with Crippen molar-refractivity contribution < 1.29 is 9.59 Å². The number of benzene rings is 1. The first-order valence-corrected chi connectivity index (χ1v) is 8.78. The molecule has 0 bridgehead atoms. The number of hydrogen-bond donors (Lipinski definition) is 1. The van der Waals surface area contributed by atoms with Crippen LogP contribution in [-0.4, -0.2) is 29.4 Å². The van der Waals surface area contributed by atoms with E-state index in [2.05, 4.69) is 10.3 Å². The Kier molecular flexibility index (Phi) is 5.05. The molecule has 1 aromatic carbocycles. The van der Waals surface area contributed by atoms with Crippen molar-refractivity contribution in [3.05, 3.63) is 52.5 Å². The van der Waals surface area contributed by atoms with E-state index in [4.69, 9.17) is 0 Å². The highest BCUT2D eigenvalue weighted by atomic mass is 32.1. The van der Waals surface area contributed by atoms with E-state index < -0.39 is 6.04 Å². The fourth-order valence-electron chi connectivity index (χ4n) is 2.71. The summed E-state index contributed by atoms with van der Waals surface area (Å²) in [5, 5.41) is 5.65. The zero-order valence-corrected chi connectivity index (χ0v) is 14.3. The quantitative estimate of drug-likeness (QED) is 0.870. The van der Waals surface area contributed by atoms with Gasteiger partial charge < -0.3 is 10.2 Å². The number of aryl methyl sites for hydroxylation is 1. The summed E-state index contributed by atoms with van der Waals surface area (Å²) in [6, 6.07) is 9.07. The summed E-state index contributed by atoms with van der Waals surface area (Å²) in [5.41, 5.74) is 1.63. The molecule has 1 N–H and O–H groups in total. The van der Waals surface area contributed by atoms with Gasteiger partial charge in [-0.05, 0) is 38.0 Å². The molecule has 0 spiro atoms. The molecular weight excluding hydrogens is 322 g/mol. The summed E-state index contributed by atoms with van der Waals surface area (Å²) in [6.45, 7) is 2.60. The van der Waals surface area contributed by atoms with Gasteiger partial charge in [0.05, 0.1) is 10.7 Å². The molecule has 1 aliphatic rings. The molecule has 2 heterocycles. The number of para-hydroxylation sites is 1. The summed E-state index contributed by atoms with van der Waals surface area (Å²) in [6.07, 6.45) is 4.63. The highest BCUT2D eigenvalue weighted by Crippen LogP contribution is 2.20.